The number of benzene rings is 1. The molecule has 0 saturated heterocycles. The number of sulfonamides is 1. The molecule has 0 amide bonds. The highest BCUT2D eigenvalue weighted by atomic mass is 32.2. The summed E-state index contributed by atoms with van der Waals surface area (Å²) >= 11 is 0. The molecule has 0 N–H and O–H groups in total. The zero-order valence-electron chi connectivity index (χ0n) is 15.6. The van der Waals surface area contributed by atoms with Crippen LogP contribution in [0.4, 0.5) is 0 Å². The maximum absolute atomic E-state index is 12.7. The molecule has 0 bridgehead atoms. The first kappa shape index (κ1) is 19.4. The minimum atomic E-state index is -3.47. The molecule has 1 aliphatic rings. The van der Waals surface area contributed by atoms with Crippen molar-refractivity contribution >= 4 is 23.9 Å². The van der Waals surface area contributed by atoms with Crippen LogP contribution in [0.25, 0.3) is 5.57 Å². The first-order valence-corrected chi connectivity index (χ1v) is 12.6. The minimum absolute atomic E-state index is 0.140. The molecule has 1 aromatic carbocycles. The van der Waals surface area contributed by atoms with Crippen molar-refractivity contribution in [3.8, 4) is 0 Å². The molecule has 6 heteroatoms. The molecule has 134 valence electrons. The van der Waals surface area contributed by atoms with Crippen molar-refractivity contribution in [1.29, 1.82) is 0 Å². The molecule has 0 aliphatic carbocycles. The second kappa shape index (κ2) is 6.41. The summed E-state index contributed by atoms with van der Waals surface area (Å²) in [7, 11) is -3.67. The number of fused-ring (bicyclic) bond motifs is 1. The third-order valence-corrected chi connectivity index (χ3v) is 11.9. The Morgan fingerprint density at radius 1 is 1.25 bits per heavy atom. The zero-order chi connectivity index (χ0) is 18.3. The van der Waals surface area contributed by atoms with Gasteiger partial charge in [0, 0.05) is 13.7 Å². The topological polar surface area (TPSA) is 46.6 Å². The van der Waals surface area contributed by atoms with E-state index in [2.05, 4.69) is 40.4 Å². The van der Waals surface area contributed by atoms with Crippen molar-refractivity contribution in [1.82, 2.24) is 4.31 Å². The molecule has 0 radical (unpaired) electrons. The molecule has 0 saturated carbocycles. The van der Waals surface area contributed by atoms with E-state index in [9.17, 15) is 8.42 Å². The van der Waals surface area contributed by atoms with E-state index in [1.165, 1.54) is 4.31 Å². The van der Waals surface area contributed by atoms with Crippen LogP contribution in [0.5, 0.6) is 0 Å². The number of nitrogens with zero attached hydrogens (tertiary/aromatic N) is 1. The summed E-state index contributed by atoms with van der Waals surface area (Å²) in [6.45, 7) is 15.7. The van der Waals surface area contributed by atoms with Gasteiger partial charge in [0.1, 0.15) is 0 Å². The van der Waals surface area contributed by atoms with Crippen molar-refractivity contribution in [3.05, 3.63) is 36.4 Å². The fourth-order valence-electron chi connectivity index (χ4n) is 2.68. The molecular formula is C18H29NO3SSi. The van der Waals surface area contributed by atoms with E-state index in [0.29, 0.717) is 17.9 Å². The standard InChI is InChI=1S/C18H29NO3SSi/c1-14-15-10-8-9-11-17(15)23(20,21)19(5)16(14)12-13-22-24(6,7)18(2,3)4/h8-11,16H,1,12-13H2,2-7H3. The third kappa shape index (κ3) is 3.38. The minimum Gasteiger partial charge on any atom is -0.417 e. The lowest BCUT2D eigenvalue weighted by Gasteiger charge is -2.38. The summed E-state index contributed by atoms with van der Waals surface area (Å²) in [5.74, 6) is 0. The van der Waals surface area contributed by atoms with Crippen LogP contribution in [0, 0.1) is 0 Å². The van der Waals surface area contributed by atoms with E-state index in [-0.39, 0.29) is 11.1 Å². The van der Waals surface area contributed by atoms with Crippen LogP contribution in [0.15, 0.2) is 35.7 Å². The van der Waals surface area contributed by atoms with Crippen LogP contribution >= 0.6 is 0 Å². The lowest BCUT2D eigenvalue weighted by atomic mass is 9.98. The van der Waals surface area contributed by atoms with Crippen LogP contribution < -0.4 is 0 Å². The molecular weight excluding hydrogens is 338 g/mol. The summed E-state index contributed by atoms with van der Waals surface area (Å²) in [4.78, 5) is 0.346. The Morgan fingerprint density at radius 3 is 2.42 bits per heavy atom. The maximum Gasteiger partial charge on any atom is 0.243 e. The predicted octanol–water partition coefficient (Wildman–Crippen LogP) is 4.11. The van der Waals surface area contributed by atoms with E-state index in [0.717, 1.165) is 11.1 Å². The van der Waals surface area contributed by atoms with Crippen molar-refractivity contribution in [3.63, 3.8) is 0 Å². The van der Waals surface area contributed by atoms with Crippen LogP contribution in [-0.4, -0.2) is 40.7 Å². The Balaban J connectivity index is 2.20. The van der Waals surface area contributed by atoms with Gasteiger partial charge in [-0.3, -0.25) is 0 Å². The Morgan fingerprint density at radius 2 is 1.83 bits per heavy atom. The van der Waals surface area contributed by atoms with Gasteiger partial charge in [0.2, 0.25) is 10.0 Å². The molecule has 0 spiro atoms. The first-order chi connectivity index (χ1) is 10.9. The quantitative estimate of drug-likeness (QED) is 0.752. The smallest absolute Gasteiger partial charge is 0.243 e. The fourth-order valence-corrected chi connectivity index (χ4v) is 5.34. The highest BCUT2D eigenvalue weighted by Gasteiger charge is 2.40. The normalized spacial score (nSPS) is 21.6. The molecule has 1 aromatic rings. The van der Waals surface area contributed by atoms with E-state index < -0.39 is 18.3 Å². The van der Waals surface area contributed by atoms with Crippen molar-refractivity contribution in [2.24, 2.45) is 0 Å². The highest BCUT2D eigenvalue weighted by Crippen LogP contribution is 2.39. The number of hydrogen-bond donors (Lipinski definition) is 0. The molecule has 1 atom stereocenters. The summed E-state index contributed by atoms with van der Waals surface area (Å²) in [5.41, 5.74) is 1.58. The molecule has 1 heterocycles. The molecule has 1 unspecified atom stereocenters. The van der Waals surface area contributed by atoms with Gasteiger partial charge in [-0.15, -0.1) is 0 Å². The van der Waals surface area contributed by atoms with E-state index in [1.54, 1.807) is 19.2 Å². The summed E-state index contributed by atoms with van der Waals surface area (Å²) < 4.78 is 33.1. The average Bonchev–Trinajstić information content (AvgIpc) is 2.48. The monoisotopic (exact) mass is 367 g/mol. The Hall–Kier alpha value is -0.953. The number of likely N-dealkylation sites (N-methyl/N-ethyl adjacent to an activating group) is 1. The Kier molecular flexibility index (Phi) is 5.17. The SMILES string of the molecule is C=C1c2ccccc2S(=O)(=O)N(C)C1CCO[Si](C)(C)C(C)(C)C. The molecule has 4 nitrogen and oxygen atoms in total. The lowest BCUT2D eigenvalue weighted by molar-refractivity contribution is 0.256. The lowest BCUT2D eigenvalue weighted by Crippen LogP contribution is -2.44. The highest BCUT2D eigenvalue weighted by molar-refractivity contribution is 7.89. The summed E-state index contributed by atoms with van der Waals surface area (Å²) in [6.07, 6.45) is 0.620. The second-order valence-electron chi connectivity index (χ2n) is 7.96. The van der Waals surface area contributed by atoms with Gasteiger partial charge in [0.25, 0.3) is 0 Å². The molecule has 0 aromatic heterocycles. The first-order valence-electron chi connectivity index (χ1n) is 8.30. The van der Waals surface area contributed by atoms with Gasteiger partial charge in [0.05, 0.1) is 10.9 Å². The van der Waals surface area contributed by atoms with Gasteiger partial charge < -0.3 is 4.43 Å². The second-order valence-corrected chi connectivity index (χ2v) is 14.7. The molecule has 2 rings (SSSR count). The zero-order valence-corrected chi connectivity index (χ0v) is 17.4. The van der Waals surface area contributed by atoms with Crippen LogP contribution in [0.2, 0.25) is 18.1 Å². The third-order valence-electron chi connectivity index (χ3n) is 5.39. The van der Waals surface area contributed by atoms with Crippen molar-refractivity contribution < 1.29 is 12.8 Å². The molecule has 1 aliphatic heterocycles. The van der Waals surface area contributed by atoms with E-state index in [1.807, 2.05) is 12.1 Å². The van der Waals surface area contributed by atoms with Gasteiger partial charge in [0.15, 0.2) is 8.32 Å². The molecule has 24 heavy (non-hydrogen) atoms. The predicted molar refractivity (Wildman–Crippen MR) is 102 cm³/mol. The largest absolute Gasteiger partial charge is 0.417 e. The van der Waals surface area contributed by atoms with Gasteiger partial charge in [-0.05, 0) is 41.8 Å². The Bertz CT molecular complexity index is 735. The van der Waals surface area contributed by atoms with Gasteiger partial charge >= 0.3 is 0 Å². The summed E-state index contributed by atoms with van der Waals surface area (Å²) in [5, 5.41) is 0.140. The van der Waals surface area contributed by atoms with Crippen LogP contribution in [0.1, 0.15) is 32.8 Å². The van der Waals surface area contributed by atoms with Crippen LogP contribution in [-0.2, 0) is 14.4 Å². The maximum atomic E-state index is 12.7. The molecule has 0 fully saturated rings. The average molecular weight is 368 g/mol. The number of hydrogen-bond acceptors (Lipinski definition) is 3. The summed E-state index contributed by atoms with van der Waals surface area (Å²) in [6, 6.07) is 6.83. The van der Waals surface area contributed by atoms with Crippen molar-refractivity contribution in [2.45, 2.75) is 56.3 Å². The fraction of sp³-hybridized carbons (Fsp3) is 0.556. The van der Waals surface area contributed by atoms with E-state index in [4.69, 9.17) is 4.43 Å². The Labute approximate surface area is 147 Å². The van der Waals surface area contributed by atoms with Gasteiger partial charge in [-0.2, -0.15) is 4.31 Å². The van der Waals surface area contributed by atoms with Crippen LogP contribution in [0.3, 0.4) is 0 Å². The number of rotatable bonds is 4. The van der Waals surface area contributed by atoms with Gasteiger partial charge in [-0.1, -0.05) is 45.5 Å². The van der Waals surface area contributed by atoms with Gasteiger partial charge in [-0.25, -0.2) is 8.42 Å². The van der Waals surface area contributed by atoms with Crippen molar-refractivity contribution in [2.75, 3.05) is 13.7 Å². The van der Waals surface area contributed by atoms with E-state index >= 15 is 0 Å².